The van der Waals surface area contributed by atoms with E-state index < -0.39 is 114 Å². The zero-order valence-corrected chi connectivity index (χ0v) is 73.8. The van der Waals surface area contributed by atoms with E-state index in [9.17, 15) is 49.2 Å². The van der Waals surface area contributed by atoms with Gasteiger partial charge in [-0.1, -0.05) is 88.4 Å². The predicted octanol–water partition coefficient (Wildman–Crippen LogP) is 7.83. The molecule has 0 radical (unpaired) electrons. The van der Waals surface area contributed by atoms with Crippen LogP contribution in [-0.4, -0.2) is 287 Å². The Bertz CT molecular complexity index is 4420. The van der Waals surface area contributed by atoms with Gasteiger partial charge in [0.2, 0.25) is 11.7 Å². The first kappa shape index (κ1) is 98.7. The highest BCUT2D eigenvalue weighted by molar-refractivity contribution is 6.39. The summed E-state index contributed by atoms with van der Waals surface area (Å²) >= 11 is 0. The Kier molecular flexibility index (Phi) is 39.3. The molecule has 125 heavy (non-hydrogen) atoms. The third kappa shape index (κ3) is 28.8. The van der Waals surface area contributed by atoms with Gasteiger partial charge in [-0.15, -0.1) is 0 Å². The Balaban J connectivity index is 0.554. The summed E-state index contributed by atoms with van der Waals surface area (Å²) in [5.74, 6) is -8.56. The number of anilines is 2. The fourth-order valence-electron chi connectivity index (χ4n) is 16.9. The van der Waals surface area contributed by atoms with Crippen molar-refractivity contribution in [2.24, 2.45) is 35.3 Å². The van der Waals surface area contributed by atoms with Crippen molar-refractivity contribution in [1.82, 2.24) is 29.9 Å². The highest BCUT2D eigenvalue weighted by Crippen LogP contribution is 2.40. The average Bonchev–Trinajstić information content (AvgIpc) is 1.46. The highest BCUT2D eigenvalue weighted by Gasteiger charge is 2.53. The highest BCUT2D eigenvalue weighted by atomic mass is 16.6. The maximum Gasteiger partial charge on any atom is 0.407 e. The van der Waals surface area contributed by atoms with Gasteiger partial charge in [0.1, 0.15) is 48.3 Å². The van der Waals surface area contributed by atoms with Crippen LogP contribution < -0.4 is 22.5 Å². The predicted molar refractivity (Wildman–Crippen MR) is 465 cm³/mol. The average molecular weight is 1750 g/mol. The van der Waals surface area contributed by atoms with Gasteiger partial charge in [-0.05, 0) is 154 Å². The molecule has 3 aromatic carbocycles. The van der Waals surface area contributed by atoms with Gasteiger partial charge in [0.05, 0.1) is 141 Å². The minimum Gasteiger partial charge on any atom is -0.459 e. The van der Waals surface area contributed by atoms with Crippen molar-refractivity contribution in [2.45, 2.75) is 205 Å². The van der Waals surface area contributed by atoms with Crippen LogP contribution in [-0.2, 0) is 105 Å². The van der Waals surface area contributed by atoms with Crippen LogP contribution in [0.25, 0.3) is 33.3 Å². The molecule has 3 fully saturated rings. The van der Waals surface area contributed by atoms with Crippen molar-refractivity contribution in [3.63, 3.8) is 0 Å². The second-order valence-electron chi connectivity index (χ2n) is 33.6. The van der Waals surface area contributed by atoms with Gasteiger partial charge in [-0.2, -0.15) is 10.1 Å². The summed E-state index contributed by atoms with van der Waals surface area (Å²) in [7, 11) is 3.08. The minimum atomic E-state index is -2.50. The summed E-state index contributed by atoms with van der Waals surface area (Å²) in [6.07, 6.45) is 7.00. The zero-order valence-electron chi connectivity index (χ0n) is 73.8. The SMILES string of the molecule is CO[C@H]1C[C@@H]2CC[C@@H](C)[C@@](O)(O2)C(=O)C(=O)N2CCCC[C@H]2C(=O)O[C@H]([C@H](N)C[C@@H]2CC[C@@H](OC(=O)NCCOCCOCCOCCOCCOCCOCCOCCOCC(=O)N3CCc4cc(Cn5nc(-c6ccc7oc(N)nc7c6)c6c(N)cccc65)ccc4C3)[C@H](OC)C2)C[C@@H](O)[C@H](C)/C=C(\C)[C@@H](O)[C@@H](O)C(=O)[C@H](C)C[C@H](C)/C=C/C=C/C=C/1C. The molecule has 4 aliphatic heterocycles. The van der Waals surface area contributed by atoms with Crippen molar-refractivity contribution in [3.05, 3.63) is 119 Å². The van der Waals surface area contributed by atoms with E-state index >= 15 is 0 Å². The van der Waals surface area contributed by atoms with E-state index in [4.69, 9.17) is 88.3 Å². The summed E-state index contributed by atoms with van der Waals surface area (Å²) in [5, 5.41) is 55.2. The number of carbonyl (C=O) groups is 6. The number of nitrogens with two attached hydrogens (primary N) is 3. The minimum absolute atomic E-state index is 0.0154. The fraction of sp³-hybridized carbons (Fsp3) is 0.630. The van der Waals surface area contributed by atoms with Crippen LogP contribution in [0.15, 0.2) is 107 Å². The number of nitrogen functional groups attached to an aromatic ring is 2. The van der Waals surface area contributed by atoms with Gasteiger partial charge in [-0.25, -0.2) is 9.59 Å². The number of ether oxygens (including phenoxy) is 13. The molecule has 2 saturated heterocycles. The van der Waals surface area contributed by atoms with Crippen molar-refractivity contribution in [2.75, 3.05) is 151 Å². The first-order valence-corrected chi connectivity index (χ1v) is 44.1. The molecule has 5 aromatic rings. The number of allylic oxidation sites excluding steroid dienone is 5. The number of oxazole rings is 1. The Morgan fingerprint density at radius 2 is 1.38 bits per heavy atom. The number of aliphatic hydroxyl groups is 4. The van der Waals surface area contributed by atoms with E-state index in [-0.39, 0.29) is 94.5 Å². The second-order valence-corrected chi connectivity index (χ2v) is 33.6. The van der Waals surface area contributed by atoms with Crippen LogP contribution in [0.5, 0.6) is 0 Å². The van der Waals surface area contributed by atoms with Crippen molar-refractivity contribution in [1.29, 1.82) is 0 Å². The summed E-state index contributed by atoms with van der Waals surface area (Å²) in [5.41, 5.74) is 28.2. The standard InChI is InChI=1S/C92H133N9O24/c1-58-15-10-9-11-16-59(2)78(112-7)53-69-25-20-63(6)92(111,125-69)87(107)88(108)100-30-13-12-18-74(100)89(109)122-79(54-75(102)60(3)48-62(5)85(105)86(106)84(104)61(4)47-58)71(94)50-64-22-26-77(80(51-64)113-8)124-91(110)96-29-32-114-33-34-115-35-36-116-37-38-117-39-40-118-41-42-119-43-44-120-45-46-121-57-81(103)99-31-28-66-49-65(21-23-68(66)56-99)55-101-73-19-14-17-70(93)82(73)83(98-101)67-24-27-76-72(52-67)97-90(95)123-76/h9-11,14-17,19,21,23-24,27,48-49,52,58,60-61,63-64,69,71,74-75,77-80,85-86,102,105-106,111H,12-13,18,20,22,25-26,28-47,50-51,53-57,93-94H2,1-8H3,(H2,95,97)(H,96,110)/b11-9+,15-10+,59-16+,62-48+/t58-,60-,61-,63-,64+,69+,71-,74+,75-,77-,78+,79+,80-,85-,86+,92-/m1/s1. The molecule has 5 aliphatic rings. The first-order chi connectivity index (χ1) is 60.2. The van der Waals surface area contributed by atoms with Gasteiger partial charge in [0, 0.05) is 88.3 Å². The number of esters is 1. The monoisotopic (exact) mass is 1750 g/mol. The number of hydrogen-bond acceptors (Lipinski definition) is 29. The van der Waals surface area contributed by atoms with Gasteiger partial charge >= 0.3 is 12.1 Å². The summed E-state index contributed by atoms with van der Waals surface area (Å²) < 4.78 is 82.5. The van der Waals surface area contributed by atoms with E-state index in [1.165, 1.54) is 12.7 Å². The largest absolute Gasteiger partial charge is 0.459 e. The lowest BCUT2D eigenvalue weighted by Gasteiger charge is -2.42. The molecule has 2 bridgehead atoms. The number of rotatable bonds is 35. The van der Waals surface area contributed by atoms with Gasteiger partial charge < -0.3 is 119 Å². The lowest BCUT2D eigenvalue weighted by Crippen LogP contribution is -2.61. The molecule has 1 saturated carbocycles. The molecule has 0 unspecified atom stereocenters. The van der Waals surface area contributed by atoms with E-state index in [2.05, 4.69) is 28.5 Å². The van der Waals surface area contributed by atoms with Crippen LogP contribution >= 0.6 is 0 Å². The number of hydrogen-bond donors (Lipinski definition) is 8. The number of piperidine rings is 1. The van der Waals surface area contributed by atoms with Crippen LogP contribution in [0.2, 0.25) is 0 Å². The molecule has 6 heterocycles. The van der Waals surface area contributed by atoms with Gasteiger partial charge in [0.15, 0.2) is 11.4 Å². The number of cyclic esters (lactones) is 1. The topological polar surface area (TPSA) is 444 Å². The van der Waals surface area contributed by atoms with E-state index in [1.54, 1.807) is 40.9 Å². The Morgan fingerprint density at radius 1 is 0.696 bits per heavy atom. The van der Waals surface area contributed by atoms with Gasteiger partial charge in [0.25, 0.3) is 17.7 Å². The number of carbonyl (C=O) groups excluding carboxylic acids is 6. The molecular weight excluding hydrogens is 1620 g/mol. The number of aliphatic hydroxyl groups excluding tert-OH is 3. The summed E-state index contributed by atoms with van der Waals surface area (Å²) in [6, 6.07) is 15.8. The second kappa shape index (κ2) is 49.8. The molecule has 3 amide bonds. The molecule has 33 heteroatoms. The molecule has 10 rings (SSSR count). The molecule has 33 nitrogen and oxygen atoms in total. The number of alkyl carbamates (subject to hydrolysis) is 1. The number of aromatic nitrogens is 3. The number of Topliss-reactive ketones (excluding diaryl/α,β-unsaturated/α-hetero) is 2. The van der Waals surface area contributed by atoms with Crippen LogP contribution in [0.4, 0.5) is 16.5 Å². The van der Waals surface area contributed by atoms with E-state index in [1.807, 2.05) is 90.2 Å². The Hall–Kier alpha value is -8.46. The quantitative estimate of drug-likeness (QED) is 0.00629. The van der Waals surface area contributed by atoms with Crippen molar-refractivity contribution < 1.29 is 115 Å². The van der Waals surface area contributed by atoms with Crippen molar-refractivity contribution >= 4 is 69.1 Å². The number of nitrogens with one attached hydrogen (secondary N) is 1. The Morgan fingerprint density at radius 3 is 2.06 bits per heavy atom. The molecule has 2 aromatic heterocycles. The van der Waals surface area contributed by atoms with Crippen LogP contribution in [0.1, 0.15) is 135 Å². The molecule has 690 valence electrons. The summed E-state index contributed by atoms with van der Waals surface area (Å²) in [6.45, 7) is 17.5. The van der Waals surface area contributed by atoms with Crippen LogP contribution in [0, 0.1) is 29.6 Å². The Labute approximate surface area is 732 Å². The number of amides is 3. The molecule has 16 atom stereocenters. The van der Waals surface area contributed by atoms with Gasteiger partial charge in [-0.3, -0.25) is 23.9 Å². The van der Waals surface area contributed by atoms with E-state index in [0.717, 1.165) is 50.2 Å². The molecular formula is C92H133N9O24. The molecule has 1 aliphatic carbocycles. The number of benzene rings is 3. The maximum absolute atomic E-state index is 14.7. The number of ketones is 2. The first-order valence-electron chi connectivity index (χ1n) is 44.1. The maximum atomic E-state index is 14.7. The molecule has 0 spiro atoms. The van der Waals surface area contributed by atoms with Crippen LogP contribution in [0.3, 0.4) is 0 Å². The van der Waals surface area contributed by atoms with E-state index in [0.29, 0.717) is 167 Å². The fourth-order valence-corrected chi connectivity index (χ4v) is 16.9. The zero-order chi connectivity index (χ0) is 89.5. The molecule has 11 N–H and O–H groups in total. The normalized spacial score (nSPS) is 27.8. The lowest BCUT2D eigenvalue weighted by molar-refractivity contribution is -0.265. The number of nitrogens with zero attached hydrogens (tertiary/aromatic N) is 5. The lowest BCUT2D eigenvalue weighted by atomic mass is 9.80. The van der Waals surface area contributed by atoms with Crippen molar-refractivity contribution in [3.8, 4) is 11.3 Å². The summed E-state index contributed by atoms with van der Waals surface area (Å²) in [4.78, 5) is 90.7. The smallest absolute Gasteiger partial charge is 0.407 e. The third-order valence-electron chi connectivity index (χ3n) is 24.2. The third-order valence-corrected chi connectivity index (χ3v) is 24.2. The number of methoxy groups -OCH3 is 2. The number of fused-ring (bicyclic) bond motifs is 6.